The van der Waals surface area contributed by atoms with E-state index in [4.69, 9.17) is 4.74 Å². The van der Waals surface area contributed by atoms with Crippen LogP contribution >= 0.6 is 15.9 Å². The van der Waals surface area contributed by atoms with Crippen molar-refractivity contribution in [3.05, 3.63) is 28.2 Å². The second-order valence-corrected chi connectivity index (χ2v) is 5.62. The molecule has 0 bridgehead atoms. The predicted octanol–water partition coefficient (Wildman–Crippen LogP) is 3.08. The van der Waals surface area contributed by atoms with E-state index in [1.807, 2.05) is 32.0 Å². The molecule has 1 aromatic rings. The molecule has 19 heavy (non-hydrogen) atoms. The number of nitrogens with one attached hydrogen (secondary N) is 1. The summed E-state index contributed by atoms with van der Waals surface area (Å²) in [4.78, 5) is 11.4. The number of carbonyl (C=O) groups is 1. The number of halogens is 1. The summed E-state index contributed by atoms with van der Waals surface area (Å²) >= 11 is 3.43. The van der Waals surface area contributed by atoms with E-state index in [0.29, 0.717) is 0 Å². The number of hydrogen-bond acceptors (Lipinski definition) is 3. The fourth-order valence-corrected chi connectivity index (χ4v) is 2.80. The van der Waals surface area contributed by atoms with Gasteiger partial charge in [-0.15, -0.1) is 0 Å². The first kappa shape index (κ1) is 16.0. The van der Waals surface area contributed by atoms with Gasteiger partial charge in [0.25, 0.3) is 0 Å². The fraction of sp³-hybridized carbons (Fsp3) is 0.500. The van der Waals surface area contributed by atoms with Crippen LogP contribution < -0.4 is 10.1 Å². The first-order chi connectivity index (χ1) is 8.92. The van der Waals surface area contributed by atoms with Crippen LogP contribution in [-0.2, 0) is 4.79 Å². The number of ether oxygens (including phenoxy) is 1. The highest BCUT2D eigenvalue weighted by Crippen LogP contribution is 2.33. The number of rotatable bonds is 6. The van der Waals surface area contributed by atoms with Crippen LogP contribution in [0, 0.1) is 11.8 Å². The van der Waals surface area contributed by atoms with E-state index >= 15 is 0 Å². The highest BCUT2D eigenvalue weighted by Gasteiger charge is 2.31. The lowest BCUT2D eigenvalue weighted by Crippen LogP contribution is -2.34. The molecule has 0 fully saturated rings. The molecule has 0 aliphatic carbocycles. The molecule has 2 unspecified atom stereocenters. The van der Waals surface area contributed by atoms with Gasteiger partial charge in [-0.2, -0.15) is 0 Å². The molecule has 2 atom stereocenters. The summed E-state index contributed by atoms with van der Waals surface area (Å²) in [7, 11) is 3.38. The second kappa shape index (κ2) is 6.91. The minimum absolute atomic E-state index is 0.0378. The summed E-state index contributed by atoms with van der Waals surface area (Å²) in [6.45, 7) is 3.84. The summed E-state index contributed by atoms with van der Waals surface area (Å²) in [6, 6.07) is 5.39. The second-order valence-electron chi connectivity index (χ2n) is 4.77. The van der Waals surface area contributed by atoms with E-state index < -0.39 is 11.9 Å². The Hall–Kier alpha value is -1.07. The normalized spacial score (nSPS) is 14.2. The Morgan fingerprint density at radius 1 is 1.42 bits per heavy atom. The van der Waals surface area contributed by atoms with Crippen molar-refractivity contribution in [1.29, 1.82) is 0 Å². The van der Waals surface area contributed by atoms with Gasteiger partial charge in [-0.3, -0.25) is 4.79 Å². The first-order valence-electron chi connectivity index (χ1n) is 6.15. The highest BCUT2D eigenvalue weighted by atomic mass is 79.9. The SMILES string of the molecule is CNC(c1ccc(OC)c(Br)c1)C(C(=O)O)C(C)C. The monoisotopic (exact) mass is 329 g/mol. The minimum Gasteiger partial charge on any atom is -0.496 e. The van der Waals surface area contributed by atoms with Crippen molar-refractivity contribution in [3.63, 3.8) is 0 Å². The van der Waals surface area contributed by atoms with Crippen LogP contribution in [0.4, 0.5) is 0 Å². The molecule has 0 aliphatic rings. The van der Waals surface area contributed by atoms with Gasteiger partial charge in [0.2, 0.25) is 0 Å². The molecule has 4 nitrogen and oxygen atoms in total. The summed E-state index contributed by atoms with van der Waals surface area (Å²) in [6.07, 6.45) is 0. The molecule has 2 N–H and O–H groups in total. The zero-order valence-electron chi connectivity index (χ0n) is 11.6. The van der Waals surface area contributed by atoms with Crippen LogP contribution in [-0.4, -0.2) is 25.2 Å². The molecule has 0 aliphatic heterocycles. The summed E-state index contributed by atoms with van der Waals surface area (Å²) in [5.74, 6) is -0.502. The standard InChI is InChI=1S/C14H20BrNO3/c1-8(2)12(14(17)18)13(16-3)9-5-6-11(19-4)10(15)7-9/h5-8,12-13,16H,1-4H3,(H,17,18). The zero-order chi connectivity index (χ0) is 14.6. The molecule has 0 radical (unpaired) electrons. The third-order valence-electron chi connectivity index (χ3n) is 3.21. The van der Waals surface area contributed by atoms with E-state index in [9.17, 15) is 9.90 Å². The van der Waals surface area contributed by atoms with Gasteiger partial charge in [0.1, 0.15) is 5.75 Å². The number of carboxylic acid groups (broad SMARTS) is 1. The maximum atomic E-state index is 11.4. The lowest BCUT2D eigenvalue weighted by Gasteiger charge is -2.27. The van der Waals surface area contributed by atoms with Crippen LogP contribution in [0.15, 0.2) is 22.7 Å². The highest BCUT2D eigenvalue weighted by molar-refractivity contribution is 9.10. The third-order valence-corrected chi connectivity index (χ3v) is 3.83. The molecule has 0 aromatic heterocycles. The quantitative estimate of drug-likeness (QED) is 0.842. The molecule has 0 saturated heterocycles. The van der Waals surface area contributed by atoms with E-state index in [1.165, 1.54) is 0 Å². The zero-order valence-corrected chi connectivity index (χ0v) is 13.2. The topological polar surface area (TPSA) is 58.6 Å². The summed E-state index contributed by atoms with van der Waals surface area (Å²) in [5.41, 5.74) is 0.927. The van der Waals surface area contributed by atoms with E-state index in [-0.39, 0.29) is 12.0 Å². The maximum absolute atomic E-state index is 11.4. The van der Waals surface area contributed by atoms with Gasteiger partial charge >= 0.3 is 5.97 Å². The maximum Gasteiger partial charge on any atom is 0.308 e. The lowest BCUT2D eigenvalue weighted by atomic mass is 9.84. The van der Waals surface area contributed by atoms with Gasteiger partial charge in [-0.05, 0) is 46.6 Å². The van der Waals surface area contributed by atoms with Crippen LogP contribution in [0.3, 0.4) is 0 Å². The van der Waals surface area contributed by atoms with Crippen LogP contribution in [0.1, 0.15) is 25.5 Å². The number of aliphatic carboxylic acids is 1. The smallest absolute Gasteiger partial charge is 0.308 e. The van der Waals surface area contributed by atoms with Crippen molar-refractivity contribution in [2.24, 2.45) is 11.8 Å². The van der Waals surface area contributed by atoms with Gasteiger partial charge < -0.3 is 15.2 Å². The fourth-order valence-electron chi connectivity index (χ4n) is 2.24. The Labute approximate surface area is 122 Å². The number of benzene rings is 1. The Balaban J connectivity index is 3.15. The molecule has 0 spiro atoms. The van der Waals surface area contributed by atoms with Crippen molar-refractivity contribution >= 4 is 21.9 Å². The molecule has 1 aromatic carbocycles. The van der Waals surface area contributed by atoms with Crippen LogP contribution in [0.5, 0.6) is 5.75 Å². The van der Waals surface area contributed by atoms with E-state index in [1.54, 1.807) is 14.2 Å². The van der Waals surface area contributed by atoms with Crippen molar-refractivity contribution in [3.8, 4) is 5.75 Å². The molecular formula is C14H20BrNO3. The van der Waals surface area contributed by atoms with Gasteiger partial charge in [-0.1, -0.05) is 19.9 Å². The Morgan fingerprint density at radius 3 is 2.42 bits per heavy atom. The van der Waals surface area contributed by atoms with Crippen LogP contribution in [0.2, 0.25) is 0 Å². The van der Waals surface area contributed by atoms with E-state index in [2.05, 4.69) is 21.2 Å². The number of methoxy groups -OCH3 is 1. The van der Waals surface area contributed by atoms with Crippen LogP contribution in [0.25, 0.3) is 0 Å². The number of hydrogen-bond donors (Lipinski definition) is 2. The van der Waals surface area contributed by atoms with Crippen molar-refractivity contribution in [1.82, 2.24) is 5.32 Å². The molecule has 0 amide bonds. The average molecular weight is 330 g/mol. The van der Waals surface area contributed by atoms with Gasteiger partial charge in [0.15, 0.2) is 0 Å². The Kier molecular flexibility index (Phi) is 5.82. The minimum atomic E-state index is -0.790. The first-order valence-corrected chi connectivity index (χ1v) is 6.95. The third kappa shape index (κ3) is 3.70. The van der Waals surface area contributed by atoms with Gasteiger partial charge in [-0.25, -0.2) is 0 Å². The van der Waals surface area contributed by atoms with Gasteiger partial charge in [0, 0.05) is 6.04 Å². The Bertz CT molecular complexity index is 448. The molecule has 106 valence electrons. The largest absolute Gasteiger partial charge is 0.496 e. The number of carboxylic acids is 1. The molecule has 1 rings (SSSR count). The molecule has 0 saturated carbocycles. The molecule has 0 heterocycles. The predicted molar refractivity (Wildman–Crippen MR) is 78.5 cm³/mol. The lowest BCUT2D eigenvalue weighted by molar-refractivity contribution is -0.144. The molecule has 5 heteroatoms. The van der Waals surface area contributed by atoms with Crippen molar-refractivity contribution in [2.75, 3.05) is 14.2 Å². The molecular weight excluding hydrogens is 310 g/mol. The van der Waals surface area contributed by atoms with Crippen molar-refractivity contribution in [2.45, 2.75) is 19.9 Å². The van der Waals surface area contributed by atoms with Gasteiger partial charge in [0.05, 0.1) is 17.5 Å². The Morgan fingerprint density at radius 2 is 2.05 bits per heavy atom. The van der Waals surface area contributed by atoms with Crippen molar-refractivity contribution < 1.29 is 14.6 Å². The summed E-state index contributed by atoms with van der Waals surface area (Å²) in [5, 5.41) is 12.5. The summed E-state index contributed by atoms with van der Waals surface area (Å²) < 4.78 is 6.01. The average Bonchev–Trinajstić information content (AvgIpc) is 2.34. The van der Waals surface area contributed by atoms with E-state index in [0.717, 1.165) is 15.8 Å².